The summed E-state index contributed by atoms with van der Waals surface area (Å²) in [4.78, 5) is 23.7. The number of amides is 2. The molecule has 0 rings (SSSR count). The molecule has 6 heteroatoms. The lowest BCUT2D eigenvalue weighted by Crippen LogP contribution is -2.49. The van der Waals surface area contributed by atoms with E-state index in [1.54, 1.807) is 6.92 Å². The summed E-state index contributed by atoms with van der Waals surface area (Å²) in [6.45, 7) is 3.37. The van der Waals surface area contributed by atoms with Gasteiger partial charge in [-0.3, -0.25) is 0 Å². The second kappa shape index (κ2) is 7.05. The summed E-state index contributed by atoms with van der Waals surface area (Å²) in [7, 11) is 1.51. The average molecular weight is 232 g/mol. The number of aliphatic hydroxyl groups is 1. The molecular formula is C10H20N2O4. The van der Waals surface area contributed by atoms with Crippen LogP contribution in [0.15, 0.2) is 0 Å². The van der Waals surface area contributed by atoms with Gasteiger partial charge in [-0.25, -0.2) is 9.59 Å². The number of aliphatic hydroxyl groups excluding tert-OH is 1. The van der Waals surface area contributed by atoms with Crippen molar-refractivity contribution in [3.05, 3.63) is 0 Å². The fourth-order valence-corrected chi connectivity index (χ4v) is 1.12. The largest absolute Gasteiger partial charge is 0.480 e. The third kappa shape index (κ3) is 4.48. The van der Waals surface area contributed by atoms with Gasteiger partial charge in [0, 0.05) is 7.05 Å². The summed E-state index contributed by atoms with van der Waals surface area (Å²) < 4.78 is 0. The number of hydrogen-bond acceptors (Lipinski definition) is 3. The Bertz CT molecular complexity index is 245. The highest BCUT2D eigenvalue weighted by Gasteiger charge is 2.22. The number of carbonyl (C=O) groups excluding carboxylic acids is 1. The minimum atomic E-state index is -1.04. The van der Waals surface area contributed by atoms with Crippen molar-refractivity contribution in [2.75, 3.05) is 13.7 Å². The number of urea groups is 1. The average Bonchev–Trinajstić information content (AvgIpc) is 2.25. The van der Waals surface area contributed by atoms with Gasteiger partial charge >= 0.3 is 12.0 Å². The predicted octanol–water partition coefficient (Wildman–Crippen LogP) is 0.262. The van der Waals surface area contributed by atoms with Gasteiger partial charge in [0.1, 0.15) is 6.04 Å². The molecule has 0 spiro atoms. The third-order valence-corrected chi connectivity index (χ3v) is 2.42. The molecule has 0 radical (unpaired) electrons. The number of likely N-dealkylation sites (N-methyl/N-ethyl adjacent to an activating group) is 1. The lowest BCUT2D eigenvalue weighted by Gasteiger charge is -2.25. The second-order valence-electron chi connectivity index (χ2n) is 3.77. The van der Waals surface area contributed by atoms with E-state index in [0.29, 0.717) is 12.8 Å². The summed E-state index contributed by atoms with van der Waals surface area (Å²) in [6, 6.07) is -1.69. The van der Waals surface area contributed by atoms with E-state index >= 15 is 0 Å². The monoisotopic (exact) mass is 232 g/mol. The van der Waals surface area contributed by atoms with Crippen molar-refractivity contribution in [3.63, 3.8) is 0 Å². The van der Waals surface area contributed by atoms with Crippen LogP contribution in [0.3, 0.4) is 0 Å². The van der Waals surface area contributed by atoms with Gasteiger partial charge in [0.25, 0.3) is 0 Å². The number of rotatable bonds is 6. The number of hydrogen-bond donors (Lipinski definition) is 3. The van der Waals surface area contributed by atoms with E-state index in [-0.39, 0.29) is 12.6 Å². The van der Waals surface area contributed by atoms with Crippen molar-refractivity contribution in [2.45, 2.75) is 38.8 Å². The van der Waals surface area contributed by atoms with E-state index in [1.165, 1.54) is 11.9 Å². The zero-order valence-electron chi connectivity index (χ0n) is 9.93. The van der Waals surface area contributed by atoms with Crippen LogP contribution in [0.2, 0.25) is 0 Å². The van der Waals surface area contributed by atoms with Crippen LogP contribution in [0.25, 0.3) is 0 Å². The molecule has 0 aliphatic rings. The van der Waals surface area contributed by atoms with E-state index in [1.807, 2.05) is 6.92 Å². The normalized spacial score (nSPS) is 14.0. The van der Waals surface area contributed by atoms with Crippen LogP contribution in [0, 0.1) is 0 Å². The highest BCUT2D eigenvalue weighted by Crippen LogP contribution is 2.00. The highest BCUT2D eigenvalue weighted by molar-refractivity contribution is 5.82. The van der Waals surface area contributed by atoms with Gasteiger partial charge in [-0.05, 0) is 13.3 Å². The molecule has 0 aromatic heterocycles. The molecule has 0 bridgehead atoms. The van der Waals surface area contributed by atoms with Gasteiger partial charge in [0.2, 0.25) is 0 Å². The number of nitrogens with one attached hydrogen (secondary N) is 1. The van der Waals surface area contributed by atoms with E-state index in [0.717, 1.165) is 0 Å². The fourth-order valence-electron chi connectivity index (χ4n) is 1.12. The molecule has 0 aliphatic heterocycles. The summed E-state index contributed by atoms with van der Waals surface area (Å²) in [5.74, 6) is -1.04. The van der Waals surface area contributed by atoms with Crippen LogP contribution in [-0.2, 0) is 4.79 Å². The molecule has 16 heavy (non-hydrogen) atoms. The Hall–Kier alpha value is -1.30. The maximum Gasteiger partial charge on any atom is 0.326 e. The SMILES string of the molecule is CCCC(NC(=O)N(C)C(C)CO)C(=O)O. The van der Waals surface area contributed by atoms with Crippen LogP contribution in [0.1, 0.15) is 26.7 Å². The summed E-state index contributed by atoms with van der Waals surface area (Å²) in [6.07, 6.45) is 1.07. The molecule has 0 aromatic rings. The van der Waals surface area contributed by atoms with Gasteiger partial charge in [0.15, 0.2) is 0 Å². The molecular weight excluding hydrogens is 212 g/mol. The van der Waals surface area contributed by atoms with E-state index < -0.39 is 18.0 Å². The molecule has 6 nitrogen and oxygen atoms in total. The number of aliphatic carboxylic acids is 1. The molecule has 0 aromatic carbocycles. The Labute approximate surface area is 95.2 Å². The smallest absolute Gasteiger partial charge is 0.326 e. The van der Waals surface area contributed by atoms with Crippen molar-refractivity contribution in [3.8, 4) is 0 Å². The third-order valence-electron chi connectivity index (χ3n) is 2.42. The first-order chi connectivity index (χ1) is 7.43. The lowest BCUT2D eigenvalue weighted by molar-refractivity contribution is -0.139. The first-order valence-corrected chi connectivity index (χ1v) is 5.31. The molecule has 2 atom stereocenters. The van der Waals surface area contributed by atoms with Crippen molar-refractivity contribution in [2.24, 2.45) is 0 Å². The van der Waals surface area contributed by atoms with E-state index in [9.17, 15) is 9.59 Å². The van der Waals surface area contributed by atoms with Gasteiger partial charge in [0.05, 0.1) is 12.6 Å². The van der Waals surface area contributed by atoms with Crippen molar-refractivity contribution < 1.29 is 19.8 Å². The maximum absolute atomic E-state index is 11.6. The zero-order chi connectivity index (χ0) is 12.7. The highest BCUT2D eigenvalue weighted by atomic mass is 16.4. The molecule has 2 amide bonds. The van der Waals surface area contributed by atoms with Gasteiger partial charge < -0.3 is 20.4 Å². The molecule has 0 saturated carbocycles. The molecule has 2 unspecified atom stereocenters. The van der Waals surface area contributed by atoms with Crippen molar-refractivity contribution in [1.82, 2.24) is 10.2 Å². The summed E-state index contributed by atoms with van der Waals surface area (Å²) >= 11 is 0. The Morgan fingerprint density at radius 2 is 2.00 bits per heavy atom. The Kier molecular flexibility index (Phi) is 6.48. The molecule has 3 N–H and O–H groups in total. The molecule has 94 valence electrons. The first kappa shape index (κ1) is 14.7. The van der Waals surface area contributed by atoms with Crippen LogP contribution in [0.5, 0.6) is 0 Å². The number of carboxylic acids is 1. The number of carbonyl (C=O) groups is 2. The zero-order valence-corrected chi connectivity index (χ0v) is 9.93. The Morgan fingerprint density at radius 1 is 1.44 bits per heavy atom. The van der Waals surface area contributed by atoms with Gasteiger partial charge in [-0.15, -0.1) is 0 Å². The minimum Gasteiger partial charge on any atom is -0.480 e. The van der Waals surface area contributed by atoms with Crippen LogP contribution in [-0.4, -0.2) is 52.9 Å². The Balaban J connectivity index is 4.34. The van der Waals surface area contributed by atoms with Gasteiger partial charge in [-0.1, -0.05) is 13.3 Å². The Morgan fingerprint density at radius 3 is 2.38 bits per heavy atom. The van der Waals surface area contributed by atoms with Crippen molar-refractivity contribution >= 4 is 12.0 Å². The quantitative estimate of drug-likeness (QED) is 0.613. The second-order valence-corrected chi connectivity index (χ2v) is 3.77. The lowest BCUT2D eigenvalue weighted by atomic mass is 10.2. The standard InChI is InChI=1S/C10H20N2O4/c1-4-5-8(9(14)15)11-10(16)12(3)7(2)6-13/h7-8,13H,4-6H2,1-3H3,(H,11,16)(H,14,15). The first-order valence-electron chi connectivity index (χ1n) is 5.31. The molecule has 0 aliphatic carbocycles. The van der Waals surface area contributed by atoms with Crippen LogP contribution >= 0.6 is 0 Å². The minimum absolute atomic E-state index is 0.157. The van der Waals surface area contributed by atoms with Crippen LogP contribution < -0.4 is 5.32 Å². The fraction of sp³-hybridized carbons (Fsp3) is 0.800. The van der Waals surface area contributed by atoms with E-state index in [4.69, 9.17) is 10.2 Å². The van der Waals surface area contributed by atoms with Crippen LogP contribution in [0.4, 0.5) is 4.79 Å². The maximum atomic E-state index is 11.6. The predicted molar refractivity (Wildman–Crippen MR) is 59.2 cm³/mol. The van der Waals surface area contributed by atoms with Crippen molar-refractivity contribution in [1.29, 1.82) is 0 Å². The topological polar surface area (TPSA) is 89.9 Å². The van der Waals surface area contributed by atoms with E-state index in [2.05, 4.69) is 5.32 Å². The molecule has 0 saturated heterocycles. The summed E-state index contributed by atoms with van der Waals surface area (Å²) in [5, 5.41) is 20.1. The molecule has 0 heterocycles. The number of carboxylic acid groups (broad SMARTS) is 1. The number of nitrogens with zero attached hydrogens (tertiary/aromatic N) is 1. The summed E-state index contributed by atoms with van der Waals surface area (Å²) in [5.41, 5.74) is 0. The molecule has 0 fully saturated rings. The van der Waals surface area contributed by atoms with Gasteiger partial charge in [-0.2, -0.15) is 0 Å².